The second-order valence-corrected chi connectivity index (χ2v) is 9.55. The van der Waals surface area contributed by atoms with Gasteiger partial charge in [0.25, 0.3) is 5.91 Å². The molecule has 0 aliphatic carbocycles. The molecule has 0 unspecified atom stereocenters. The Morgan fingerprint density at radius 2 is 1.80 bits per heavy atom. The van der Waals surface area contributed by atoms with Crippen LogP contribution in [0.1, 0.15) is 41.3 Å². The zero-order chi connectivity index (χ0) is 21.9. The highest BCUT2D eigenvalue weighted by molar-refractivity contribution is 7.89. The fourth-order valence-corrected chi connectivity index (χ4v) is 5.22. The number of benzene rings is 2. The molecule has 30 heavy (non-hydrogen) atoms. The minimum absolute atomic E-state index is 0.206. The molecule has 0 bridgehead atoms. The number of halogens is 1. The third-order valence-corrected chi connectivity index (χ3v) is 7.21. The average Bonchev–Trinajstić information content (AvgIpc) is 2.71. The van der Waals surface area contributed by atoms with E-state index in [2.05, 4.69) is 15.4 Å². The largest absolute Gasteiger partial charge is 0.322 e. The van der Waals surface area contributed by atoms with Gasteiger partial charge >= 0.3 is 0 Å². The van der Waals surface area contributed by atoms with Crippen molar-refractivity contribution in [3.05, 3.63) is 58.9 Å². The Labute approximate surface area is 177 Å². The zero-order valence-corrected chi connectivity index (χ0v) is 18.3. The van der Waals surface area contributed by atoms with Gasteiger partial charge in [-0.15, -0.1) is 0 Å². The second-order valence-electron chi connectivity index (χ2n) is 7.86. The summed E-state index contributed by atoms with van der Waals surface area (Å²) in [5.74, 6) is -1.06. The van der Waals surface area contributed by atoms with Crippen LogP contribution in [0.25, 0.3) is 0 Å². The summed E-state index contributed by atoms with van der Waals surface area (Å²) in [5.41, 5.74) is 1.98. The van der Waals surface area contributed by atoms with E-state index in [9.17, 15) is 17.6 Å². The highest BCUT2D eigenvalue weighted by atomic mass is 32.2. The summed E-state index contributed by atoms with van der Waals surface area (Å²) in [6, 6.07) is 9.11. The van der Waals surface area contributed by atoms with Crippen molar-refractivity contribution < 1.29 is 17.6 Å². The summed E-state index contributed by atoms with van der Waals surface area (Å²) in [6.45, 7) is 6.96. The molecule has 1 heterocycles. The Balaban J connectivity index is 1.79. The smallest absolute Gasteiger partial charge is 0.255 e. The predicted molar refractivity (Wildman–Crippen MR) is 116 cm³/mol. The number of piperidine rings is 1. The molecule has 1 fully saturated rings. The molecular weight excluding hydrogens is 405 g/mol. The molecule has 2 aromatic carbocycles. The first-order chi connectivity index (χ1) is 14.2. The van der Waals surface area contributed by atoms with Crippen molar-refractivity contribution in [2.75, 3.05) is 18.4 Å². The van der Waals surface area contributed by atoms with Gasteiger partial charge in [-0.3, -0.25) is 4.79 Å². The Morgan fingerprint density at radius 1 is 1.13 bits per heavy atom. The van der Waals surface area contributed by atoms with Crippen LogP contribution in [0, 0.1) is 25.6 Å². The normalized spacial score (nSPS) is 16.3. The van der Waals surface area contributed by atoms with Gasteiger partial charge in [-0.1, -0.05) is 18.2 Å². The lowest BCUT2D eigenvalue weighted by Gasteiger charge is -2.28. The third kappa shape index (κ3) is 5.06. The first-order valence-corrected chi connectivity index (χ1v) is 11.6. The highest BCUT2D eigenvalue weighted by Gasteiger charge is 2.27. The number of hydrogen-bond acceptors (Lipinski definition) is 4. The van der Waals surface area contributed by atoms with E-state index in [1.165, 1.54) is 6.07 Å². The van der Waals surface area contributed by atoms with Crippen LogP contribution in [0.5, 0.6) is 0 Å². The maximum Gasteiger partial charge on any atom is 0.255 e. The van der Waals surface area contributed by atoms with Crippen LogP contribution in [0.3, 0.4) is 0 Å². The van der Waals surface area contributed by atoms with Gasteiger partial charge < -0.3 is 10.6 Å². The van der Waals surface area contributed by atoms with Crippen molar-refractivity contribution in [3.63, 3.8) is 0 Å². The van der Waals surface area contributed by atoms with E-state index in [0.717, 1.165) is 37.6 Å². The lowest BCUT2D eigenvalue weighted by molar-refractivity contribution is 0.102. The van der Waals surface area contributed by atoms with Crippen molar-refractivity contribution in [1.82, 2.24) is 10.0 Å². The van der Waals surface area contributed by atoms with Gasteiger partial charge in [0, 0.05) is 17.3 Å². The standard InChI is InChI=1S/C22H28FN3O3S/c1-14-6-4-5-7-18(14)22(27)25-20-13-19(23)21(12-15(20)2)30(28,29)26-16(3)17-8-10-24-11-9-17/h4-7,12-13,16-17,24,26H,8-11H2,1-3H3,(H,25,27)/t16-/m0/s1. The van der Waals surface area contributed by atoms with Gasteiger partial charge in [0.2, 0.25) is 10.0 Å². The van der Waals surface area contributed by atoms with Crippen LogP contribution in [-0.2, 0) is 10.0 Å². The molecule has 0 spiro atoms. The number of rotatable bonds is 6. The molecule has 2 aromatic rings. The fraction of sp³-hybridized carbons (Fsp3) is 0.409. The Morgan fingerprint density at radius 3 is 2.47 bits per heavy atom. The van der Waals surface area contributed by atoms with Gasteiger partial charge in [0.1, 0.15) is 10.7 Å². The van der Waals surface area contributed by atoms with Crippen LogP contribution in [0.4, 0.5) is 10.1 Å². The number of carbonyl (C=O) groups excluding carboxylic acids is 1. The maximum atomic E-state index is 14.8. The summed E-state index contributed by atoms with van der Waals surface area (Å²) in [5, 5.41) is 5.92. The number of amides is 1. The van der Waals surface area contributed by atoms with Gasteiger partial charge in [0.15, 0.2) is 0 Å². The molecular formula is C22H28FN3O3S. The summed E-state index contributed by atoms with van der Waals surface area (Å²) >= 11 is 0. The number of carbonyl (C=O) groups is 1. The molecule has 8 heteroatoms. The number of nitrogens with one attached hydrogen (secondary N) is 3. The number of aryl methyl sites for hydroxylation is 2. The van der Waals surface area contributed by atoms with E-state index < -0.39 is 20.7 Å². The van der Waals surface area contributed by atoms with Crippen molar-refractivity contribution in [2.24, 2.45) is 5.92 Å². The third-order valence-electron chi connectivity index (χ3n) is 5.64. The van der Waals surface area contributed by atoms with E-state index in [0.29, 0.717) is 11.1 Å². The first kappa shape index (κ1) is 22.4. The van der Waals surface area contributed by atoms with Gasteiger partial charge in [-0.2, -0.15) is 0 Å². The molecule has 1 atom stereocenters. The predicted octanol–water partition coefficient (Wildman–Crippen LogP) is 3.36. The zero-order valence-electron chi connectivity index (χ0n) is 17.5. The second kappa shape index (κ2) is 9.24. The van der Waals surface area contributed by atoms with E-state index in [-0.39, 0.29) is 23.6 Å². The minimum atomic E-state index is -4.02. The number of hydrogen-bond donors (Lipinski definition) is 3. The van der Waals surface area contributed by atoms with E-state index >= 15 is 0 Å². The molecule has 162 valence electrons. The van der Waals surface area contributed by atoms with Gasteiger partial charge in [-0.25, -0.2) is 17.5 Å². The maximum absolute atomic E-state index is 14.8. The summed E-state index contributed by atoms with van der Waals surface area (Å²) in [4.78, 5) is 12.1. The fourth-order valence-electron chi connectivity index (χ4n) is 3.76. The number of anilines is 1. The molecule has 1 saturated heterocycles. The molecule has 0 saturated carbocycles. The van der Waals surface area contributed by atoms with Gasteiger partial charge in [0.05, 0.1) is 0 Å². The highest BCUT2D eigenvalue weighted by Crippen LogP contribution is 2.26. The topological polar surface area (TPSA) is 87.3 Å². The van der Waals surface area contributed by atoms with E-state index in [1.54, 1.807) is 19.1 Å². The van der Waals surface area contributed by atoms with Crippen LogP contribution < -0.4 is 15.4 Å². The molecule has 1 aliphatic rings. The molecule has 3 N–H and O–H groups in total. The number of sulfonamides is 1. The lowest BCUT2D eigenvalue weighted by atomic mass is 9.92. The molecule has 0 radical (unpaired) electrons. The van der Waals surface area contributed by atoms with Crippen LogP contribution >= 0.6 is 0 Å². The minimum Gasteiger partial charge on any atom is -0.322 e. The van der Waals surface area contributed by atoms with Crippen molar-refractivity contribution in [3.8, 4) is 0 Å². The van der Waals surface area contributed by atoms with Gasteiger partial charge in [-0.05, 0) is 81.9 Å². The van der Waals surface area contributed by atoms with E-state index in [1.807, 2.05) is 26.0 Å². The molecule has 1 aliphatic heterocycles. The summed E-state index contributed by atoms with van der Waals surface area (Å²) in [7, 11) is -4.02. The molecule has 6 nitrogen and oxygen atoms in total. The first-order valence-electron chi connectivity index (χ1n) is 10.1. The molecule has 3 rings (SSSR count). The SMILES string of the molecule is Cc1cc(S(=O)(=O)N[C@@H](C)C2CCNCC2)c(F)cc1NC(=O)c1ccccc1C. The van der Waals surface area contributed by atoms with Crippen LogP contribution in [-0.4, -0.2) is 33.5 Å². The summed E-state index contributed by atoms with van der Waals surface area (Å²) in [6.07, 6.45) is 1.74. The molecule has 0 aromatic heterocycles. The van der Waals surface area contributed by atoms with Crippen molar-refractivity contribution >= 4 is 21.6 Å². The summed E-state index contributed by atoms with van der Waals surface area (Å²) < 4.78 is 43.0. The van der Waals surface area contributed by atoms with Crippen LogP contribution in [0.15, 0.2) is 41.3 Å². The Hall–Kier alpha value is -2.29. The monoisotopic (exact) mass is 433 g/mol. The lowest BCUT2D eigenvalue weighted by Crippen LogP contribution is -2.42. The molecule has 1 amide bonds. The van der Waals surface area contributed by atoms with Crippen molar-refractivity contribution in [2.45, 2.75) is 44.6 Å². The van der Waals surface area contributed by atoms with Crippen molar-refractivity contribution in [1.29, 1.82) is 0 Å². The Bertz CT molecular complexity index is 1030. The average molecular weight is 434 g/mol. The Kier molecular flexibility index (Phi) is 6.90. The quantitative estimate of drug-likeness (QED) is 0.652. The van der Waals surface area contributed by atoms with Crippen LogP contribution in [0.2, 0.25) is 0 Å². The van der Waals surface area contributed by atoms with E-state index in [4.69, 9.17) is 0 Å².